The Morgan fingerprint density at radius 1 is 0.477 bits per heavy atom. The second kappa shape index (κ2) is 9.62. The normalized spacial score (nSPS) is 11.8. The van der Waals surface area contributed by atoms with Crippen LogP contribution in [0.3, 0.4) is 0 Å². The van der Waals surface area contributed by atoms with Gasteiger partial charge >= 0.3 is 0 Å². The van der Waals surface area contributed by atoms with Crippen LogP contribution < -0.4 is 0 Å². The molecule has 3 heteroatoms. The third-order valence-corrected chi connectivity index (χ3v) is 8.80. The largest absolute Gasteiger partial charge is 0.452 e. The number of nitrogens with zero attached hydrogens (tertiary/aromatic N) is 2. The van der Waals surface area contributed by atoms with Gasteiger partial charge < -0.3 is 4.42 Å². The first-order valence-electron chi connectivity index (χ1n) is 14.9. The van der Waals surface area contributed by atoms with Crippen molar-refractivity contribution in [3.63, 3.8) is 0 Å². The van der Waals surface area contributed by atoms with Crippen LogP contribution in [0.2, 0.25) is 0 Å². The number of furan rings is 1. The molecule has 3 nitrogen and oxygen atoms in total. The lowest BCUT2D eigenvalue weighted by Crippen LogP contribution is -1.94. The van der Waals surface area contributed by atoms with E-state index >= 15 is 0 Å². The van der Waals surface area contributed by atoms with Gasteiger partial charge in [-0.2, -0.15) is 0 Å². The Kier molecular flexibility index (Phi) is 5.41. The first-order valence-corrected chi connectivity index (χ1v) is 14.9. The molecule has 9 rings (SSSR count). The van der Waals surface area contributed by atoms with E-state index in [0.717, 1.165) is 38.9 Å². The molecule has 0 aliphatic heterocycles. The molecule has 0 bridgehead atoms. The number of aryl methyl sites for hydroxylation is 1. The highest BCUT2D eigenvalue weighted by molar-refractivity contribution is 6.26. The second-order valence-corrected chi connectivity index (χ2v) is 11.4. The van der Waals surface area contributed by atoms with Gasteiger partial charge in [0.25, 0.3) is 0 Å². The lowest BCUT2D eigenvalue weighted by molar-refractivity contribution is 0.667. The molecule has 2 heterocycles. The van der Waals surface area contributed by atoms with Crippen LogP contribution >= 0.6 is 0 Å². The molecule has 44 heavy (non-hydrogen) atoms. The van der Waals surface area contributed by atoms with Crippen LogP contribution in [0.25, 0.3) is 88.2 Å². The van der Waals surface area contributed by atoms with E-state index in [4.69, 9.17) is 14.4 Å². The summed E-state index contributed by atoms with van der Waals surface area (Å²) in [4.78, 5) is 10.2. The van der Waals surface area contributed by atoms with Crippen molar-refractivity contribution in [3.8, 4) is 33.8 Å². The summed E-state index contributed by atoms with van der Waals surface area (Å²) < 4.78 is 6.62. The first kappa shape index (κ1) is 24.8. The fraction of sp³-hybridized carbons (Fsp3) is 0.0244. The molecule has 206 valence electrons. The quantitative estimate of drug-likeness (QED) is 0.201. The fourth-order valence-electron chi connectivity index (χ4n) is 6.77. The van der Waals surface area contributed by atoms with Crippen LogP contribution in [0, 0.1) is 6.92 Å². The summed E-state index contributed by atoms with van der Waals surface area (Å²) in [7, 11) is 0. The van der Waals surface area contributed by atoms with Crippen LogP contribution in [0.4, 0.5) is 0 Å². The maximum atomic E-state index is 6.62. The molecule has 0 radical (unpaired) electrons. The summed E-state index contributed by atoms with van der Waals surface area (Å²) in [6, 6.07) is 48.9. The summed E-state index contributed by atoms with van der Waals surface area (Å²) >= 11 is 0. The highest BCUT2D eigenvalue weighted by Gasteiger charge is 2.21. The second-order valence-electron chi connectivity index (χ2n) is 11.4. The van der Waals surface area contributed by atoms with E-state index in [1.165, 1.54) is 43.4 Å². The molecule has 0 N–H and O–H groups in total. The third-order valence-electron chi connectivity index (χ3n) is 8.80. The SMILES string of the molecule is Cc1cc2c3ccccc3c3ccccc3c2cc1-c1cccc2oc3c(-c4ccccc4)nc(-c4ccccc4)nc3c12. The molecule has 0 saturated heterocycles. The van der Waals surface area contributed by atoms with Crippen molar-refractivity contribution in [2.45, 2.75) is 6.92 Å². The fourth-order valence-corrected chi connectivity index (χ4v) is 6.77. The van der Waals surface area contributed by atoms with Gasteiger partial charge in [0.2, 0.25) is 0 Å². The van der Waals surface area contributed by atoms with E-state index in [2.05, 4.69) is 104 Å². The molecule has 9 aromatic rings. The van der Waals surface area contributed by atoms with Gasteiger partial charge in [0.15, 0.2) is 11.4 Å². The van der Waals surface area contributed by atoms with Gasteiger partial charge in [-0.05, 0) is 68.1 Å². The van der Waals surface area contributed by atoms with E-state index in [9.17, 15) is 0 Å². The number of hydrogen-bond acceptors (Lipinski definition) is 3. The summed E-state index contributed by atoms with van der Waals surface area (Å²) in [5.41, 5.74) is 8.58. The standard InChI is InChI=1S/C41H26N2O/c1-25-23-34-30-19-10-8-17-28(30)29-18-9-11-20-31(29)35(34)24-33(25)32-21-12-22-36-37(32)39-40(44-36)38(26-13-4-2-5-14-26)42-41(43-39)27-15-6-3-7-16-27/h2-24H,1H3. The van der Waals surface area contributed by atoms with Crippen molar-refractivity contribution >= 4 is 54.4 Å². The van der Waals surface area contributed by atoms with Gasteiger partial charge in [-0.25, -0.2) is 9.97 Å². The maximum absolute atomic E-state index is 6.62. The molecular formula is C41H26N2O. The molecule has 0 unspecified atom stereocenters. The Morgan fingerprint density at radius 2 is 1.05 bits per heavy atom. The smallest absolute Gasteiger partial charge is 0.180 e. The third kappa shape index (κ3) is 3.69. The van der Waals surface area contributed by atoms with Gasteiger partial charge in [-0.1, -0.05) is 127 Å². The molecule has 0 amide bonds. The number of aromatic nitrogens is 2. The first-order chi connectivity index (χ1) is 21.7. The lowest BCUT2D eigenvalue weighted by Gasteiger charge is -2.15. The molecule has 0 aliphatic rings. The van der Waals surface area contributed by atoms with Crippen molar-refractivity contribution in [2.75, 3.05) is 0 Å². The van der Waals surface area contributed by atoms with Crippen molar-refractivity contribution in [2.24, 2.45) is 0 Å². The lowest BCUT2D eigenvalue weighted by atomic mass is 9.89. The average Bonchev–Trinajstić information content (AvgIpc) is 3.48. The van der Waals surface area contributed by atoms with Crippen LogP contribution in [0.1, 0.15) is 5.56 Å². The zero-order chi connectivity index (χ0) is 29.2. The van der Waals surface area contributed by atoms with Crippen molar-refractivity contribution in [1.82, 2.24) is 9.97 Å². The predicted molar refractivity (Wildman–Crippen MR) is 183 cm³/mol. The van der Waals surface area contributed by atoms with Gasteiger partial charge in [-0.15, -0.1) is 0 Å². The summed E-state index contributed by atoms with van der Waals surface area (Å²) in [6.45, 7) is 2.21. The molecule has 0 spiro atoms. The molecule has 0 aliphatic carbocycles. The van der Waals surface area contributed by atoms with Crippen LogP contribution in [-0.4, -0.2) is 9.97 Å². The van der Waals surface area contributed by atoms with E-state index in [1.807, 2.05) is 42.5 Å². The monoisotopic (exact) mass is 562 g/mol. The Morgan fingerprint density at radius 3 is 1.70 bits per heavy atom. The molecule has 2 aromatic heterocycles. The van der Waals surface area contributed by atoms with Crippen molar-refractivity contribution in [3.05, 3.63) is 145 Å². The Balaban J connectivity index is 1.39. The molecule has 0 fully saturated rings. The molecule has 0 atom stereocenters. The van der Waals surface area contributed by atoms with Crippen LogP contribution in [-0.2, 0) is 0 Å². The summed E-state index contributed by atoms with van der Waals surface area (Å²) in [5, 5.41) is 8.60. The van der Waals surface area contributed by atoms with E-state index in [0.29, 0.717) is 11.4 Å². The number of rotatable bonds is 3. The molecule has 7 aromatic carbocycles. The predicted octanol–water partition coefficient (Wildman–Crippen LogP) is 11.1. The zero-order valence-corrected chi connectivity index (χ0v) is 24.1. The number of hydrogen-bond donors (Lipinski definition) is 0. The van der Waals surface area contributed by atoms with Crippen molar-refractivity contribution in [1.29, 1.82) is 0 Å². The van der Waals surface area contributed by atoms with Crippen LogP contribution in [0.15, 0.2) is 144 Å². The van der Waals surface area contributed by atoms with Crippen LogP contribution in [0.5, 0.6) is 0 Å². The number of fused-ring (bicyclic) bond motifs is 9. The van der Waals surface area contributed by atoms with E-state index in [1.54, 1.807) is 0 Å². The Bertz CT molecular complexity index is 2550. The molecule has 0 saturated carbocycles. The van der Waals surface area contributed by atoms with E-state index < -0.39 is 0 Å². The highest BCUT2D eigenvalue weighted by atomic mass is 16.3. The summed E-state index contributed by atoms with van der Waals surface area (Å²) in [6.07, 6.45) is 0. The van der Waals surface area contributed by atoms with E-state index in [-0.39, 0.29) is 0 Å². The van der Waals surface area contributed by atoms with Gasteiger partial charge in [-0.3, -0.25) is 0 Å². The zero-order valence-electron chi connectivity index (χ0n) is 24.1. The number of benzene rings is 7. The highest BCUT2D eigenvalue weighted by Crippen LogP contribution is 2.43. The van der Waals surface area contributed by atoms with Gasteiger partial charge in [0, 0.05) is 11.1 Å². The van der Waals surface area contributed by atoms with Crippen molar-refractivity contribution < 1.29 is 4.42 Å². The molecular weight excluding hydrogens is 536 g/mol. The minimum absolute atomic E-state index is 0.683. The van der Waals surface area contributed by atoms with Gasteiger partial charge in [0.1, 0.15) is 16.8 Å². The maximum Gasteiger partial charge on any atom is 0.180 e. The average molecular weight is 563 g/mol. The van der Waals surface area contributed by atoms with Gasteiger partial charge in [0.05, 0.1) is 5.39 Å². The Labute approximate surface area is 254 Å². The summed E-state index contributed by atoms with van der Waals surface area (Å²) in [5.74, 6) is 0.683. The Hall–Kier alpha value is -5.80. The topological polar surface area (TPSA) is 38.9 Å². The minimum Gasteiger partial charge on any atom is -0.452 e. The minimum atomic E-state index is 0.683.